The molecule has 0 aromatic heterocycles. The van der Waals surface area contributed by atoms with Crippen LogP contribution in [0.5, 0.6) is 0 Å². The Morgan fingerprint density at radius 2 is 2.13 bits per heavy atom. The first kappa shape index (κ1) is 15.0. The first-order chi connectivity index (χ1) is 7.04. The Labute approximate surface area is 98.3 Å². The SMILES string of the molecule is C=C(C)SOCCCCC(C)(CC)CO. The predicted octanol–water partition coefficient (Wildman–Crippen LogP) is 3.76. The van der Waals surface area contributed by atoms with E-state index in [4.69, 9.17) is 4.18 Å². The van der Waals surface area contributed by atoms with Gasteiger partial charge in [-0.25, -0.2) is 0 Å². The summed E-state index contributed by atoms with van der Waals surface area (Å²) >= 11 is 1.36. The first-order valence-electron chi connectivity index (χ1n) is 5.60. The van der Waals surface area contributed by atoms with E-state index in [2.05, 4.69) is 20.4 Å². The van der Waals surface area contributed by atoms with Crippen molar-refractivity contribution in [2.24, 2.45) is 5.41 Å². The fraction of sp³-hybridized carbons (Fsp3) is 0.833. The van der Waals surface area contributed by atoms with Crippen LogP contribution in [-0.2, 0) is 4.18 Å². The van der Waals surface area contributed by atoms with Crippen LogP contribution >= 0.6 is 12.0 Å². The van der Waals surface area contributed by atoms with E-state index in [1.54, 1.807) is 0 Å². The maximum atomic E-state index is 9.21. The van der Waals surface area contributed by atoms with Crippen molar-refractivity contribution in [1.82, 2.24) is 0 Å². The molecule has 1 atom stereocenters. The summed E-state index contributed by atoms with van der Waals surface area (Å²) in [6, 6.07) is 0. The van der Waals surface area contributed by atoms with Crippen molar-refractivity contribution in [3.63, 3.8) is 0 Å². The summed E-state index contributed by atoms with van der Waals surface area (Å²) in [7, 11) is 0. The molecule has 0 amide bonds. The fourth-order valence-corrected chi connectivity index (χ4v) is 1.63. The highest BCUT2D eigenvalue weighted by molar-refractivity contribution is 7.98. The summed E-state index contributed by atoms with van der Waals surface area (Å²) in [4.78, 5) is 0.990. The number of hydrogen-bond donors (Lipinski definition) is 1. The second-order valence-corrected chi connectivity index (χ2v) is 5.49. The maximum absolute atomic E-state index is 9.21. The quantitative estimate of drug-likeness (QED) is 0.485. The molecule has 0 saturated heterocycles. The van der Waals surface area contributed by atoms with Gasteiger partial charge in [0.15, 0.2) is 0 Å². The number of allylic oxidation sites excluding steroid dienone is 1. The van der Waals surface area contributed by atoms with Gasteiger partial charge in [0.1, 0.15) is 0 Å². The van der Waals surface area contributed by atoms with Gasteiger partial charge >= 0.3 is 0 Å². The molecule has 0 saturated carbocycles. The van der Waals surface area contributed by atoms with Gasteiger partial charge in [0.2, 0.25) is 0 Å². The van der Waals surface area contributed by atoms with Crippen LogP contribution in [0.25, 0.3) is 0 Å². The molecule has 0 aromatic rings. The molecule has 0 bridgehead atoms. The highest BCUT2D eigenvalue weighted by atomic mass is 32.2. The Hall–Kier alpha value is 0.01000. The Morgan fingerprint density at radius 3 is 2.60 bits per heavy atom. The van der Waals surface area contributed by atoms with Crippen molar-refractivity contribution in [2.75, 3.05) is 13.2 Å². The van der Waals surface area contributed by atoms with Crippen LogP contribution in [0.3, 0.4) is 0 Å². The van der Waals surface area contributed by atoms with E-state index in [-0.39, 0.29) is 12.0 Å². The highest BCUT2D eigenvalue weighted by Gasteiger charge is 2.19. The standard InChI is InChI=1S/C12H24O2S/c1-5-12(4,10-13)8-6-7-9-14-15-11(2)3/h13H,2,5-10H2,1,3-4H3. The lowest BCUT2D eigenvalue weighted by Gasteiger charge is -2.25. The van der Waals surface area contributed by atoms with E-state index in [0.29, 0.717) is 0 Å². The zero-order valence-corrected chi connectivity index (χ0v) is 11.0. The van der Waals surface area contributed by atoms with Crippen molar-refractivity contribution in [1.29, 1.82) is 0 Å². The molecular formula is C12H24O2S. The van der Waals surface area contributed by atoms with E-state index < -0.39 is 0 Å². The first-order valence-corrected chi connectivity index (χ1v) is 6.34. The van der Waals surface area contributed by atoms with E-state index in [1.807, 2.05) is 6.92 Å². The van der Waals surface area contributed by atoms with E-state index in [9.17, 15) is 5.11 Å². The predicted molar refractivity (Wildman–Crippen MR) is 67.7 cm³/mol. The Balaban J connectivity index is 3.41. The largest absolute Gasteiger partial charge is 0.396 e. The summed E-state index contributed by atoms with van der Waals surface area (Å²) in [5.74, 6) is 0. The molecule has 0 heterocycles. The third-order valence-electron chi connectivity index (χ3n) is 2.69. The summed E-state index contributed by atoms with van der Waals surface area (Å²) in [5.41, 5.74) is 0.0987. The molecule has 0 spiro atoms. The minimum absolute atomic E-state index is 0.0987. The highest BCUT2D eigenvalue weighted by Crippen LogP contribution is 2.27. The molecule has 0 fully saturated rings. The molecule has 15 heavy (non-hydrogen) atoms. The average Bonchev–Trinajstić information content (AvgIpc) is 2.22. The molecule has 3 heteroatoms. The normalized spacial score (nSPS) is 14.9. The summed E-state index contributed by atoms with van der Waals surface area (Å²) < 4.78 is 5.33. The summed E-state index contributed by atoms with van der Waals surface area (Å²) in [5, 5.41) is 9.21. The van der Waals surface area contributed by atoms with Crippen molar-refractivity contribution >= 4 is 12.0 Å². The minimum atomic E-state index is 0.0987. The lowest BCUT2D eigenvalue weighted by molar-refractivity contribution is 0.123. The van der Waals surface area contributed by atoms with E-state index in [1.165, 1.54) is 12.0 Å². The van der Waals surface area contributed by atoms with Crippen LogP contribution in [0, 0.1) is 5.41 Å². The molecular weight excluding hydrogens is 208 g/mol. The van der Waals surface area contributed by atoms with Gasteiger partial charge in [-0.3, -0.25) is 0 Å². The molecule has 0 aliphatic heterocycles. The van der Waals surface area contributed by atoms with Crippen LogP contribution in [0.2, 0.25) is 0 Å². The van der Waals surface area contributed by atoms with Crippen molar-refractivity contribution < 1.29 is 9.29 Å². The zero-order chi connectivity index (χ0) is 11.7. The maximum Gasteiger partial charge on any atom is 0.0618 e. The Bertz CT molecular complexity index is 176. The lowest BCUT2D eigenvalue weighted by Crippen LogP contribution is -2.20. The van der Waals surface area contributed by atoms with Crippen LogP contribution in [0.1, 0.15) is 46.5 Å². The van der Waals surface area contributed by atoms with Gasteiger partial charge in [0.05, 0.1) is 6.61 Å². The van der Waals surface area contributed by atoms with Gasteiger partial charge in [0.25, 0.3) is 0 Å². The van der Waals surface area contributed by atoms with Gasteiger partial charge in [-0.1, -0.05) is 26.8 Å². The molecule has 0 aliphatic carbocycles. The van der Waals surface area contributed by atoms with Gasteiger partial charge in [-0.15, -0.1) is 0 Å². The number of aliphatic hydroxyl groups is 1. The monoisotopic (exact) mass is 232 g/mol. The Morgan fingerprint density at radius 1 is 1.47 bits per heavy atom. The molecule has 0 aromatic carbocycles. The van der Waals surface area contributed by atoms with Crippen molar-refractivity contribution in [2.45, 2.75) is 46.5 Å². The smallest absolute Gasteiger partial charge is 0.0618 e. The van der Waals surface area contributed by atoms with E-state index >= 15 is 0 Å². The van der Waals surface area contributed by atoms with Crippen LogP contribution in [0.15, 0.2) is 11.5 Å². The second-order valence-electron chi connectivity index (χ2n) is 4.39. The van der Waals surface area contributed by atoms with Gasteiger partial charge in [-0.2, -0.15) is 0 Å². The topological polar surface area (TPSA) is 29.5 Å². The average molecular weight is 232 g/mol. The lowest BCUT2D eigenvalue weighted by atomic mass is 9.83. The van der Waals surface area contributed by atoms with Crippen molar-refractivity contribution in [3.8, 4) is 0 Å². The second kappa shape index (κ2) is 8.20. The molecule has 0 rings (SSSR count). The summed E-state index contributed by atoms with van der Waals surface area (Å²) in [6.45, 7) is 11.0. The third kappa shape index (κ3) is 7.88. The van der Waals surface area contributed by atoms with E-state index in [0.717, 1.165) is 37.2 Å². The number of hydrogen-bond acceptors (Lipinski definition) is 3. The van der Waals surface area contributed by atoms with Gasteiger partial charge < -0.3 is 9.29 Å². The van der Waals surface area contributed by atoms with Crippen LogP contribution in [0.4, 0.5) is 0 Å². The molecule has 90 valence electrons. The molecule has 1 unspecified atom stereocenters. The van der Waals surface area contributed by atoms with Crippen molar-refractivity contribution in [3.05, 3.63) is 11.5 Å². The summed E-state index contributed by atoms with van der Waals surface area (Å²) in [6.07, 6.45) is 4.27. The van der Waals surface area contributed by atoms with Gasteiger partial charge in [-0.05, 0) is 31.6 Å². The van der Waals surface area contributed by atoms with Crippen LogP contribution in [-0.4, -0.2) is 18.3 Å². The Kier molecular flexibility index (Phi) is 8.20. The van der Waals surface area contributed by atoms with Crippen LogP contribution < -0.4 is 0 Å². The molecule has 0 radical (unpaired) electrons. The molecule has 0 aliphatic rings. The minimum Gasteiger partial charge on any atom is -0.396 e. The zero-order valence-electron chi connectivity index (χ0n) is 10.2. The number of aliphatic hydroxyl groups excluding tert-OH is 1. The molecule has 2 nitrogen and oxygen atoms in total. The fourth-order valence-electron chi connectivity index (χ4n) is 1.22. The number of unbranched alkanes of at least 4 members (excludes halogenated alkanes) is 1. The van der Waals surface area contributed by atoms with Gasteiger partial charge in [0, 0.05) is 23.6 Å². The molecule has 1 N–H and O–H groups in total. The third-order valence-corrected chi connectivity index (χ3v) is 3.26. The number of rotatable bonds is 9.